The largest absolute Gasteiger partial charge is 2.00 e. The number of unbranched alkanes of at least 4 members (excludes halogenated alkanes) is 6. The molecule has 0 saturated heterocycles. The van der Waals surface area contributed by atoms with Crippen molar-refractivity contribution in [3.8, 4) is 23.0 Å². The van der Waals surface area contributed by atoms with E-state index in [0.717, 1.165) is 82.0 Å². The third-order valence-corrected chi connectivity index (χ3v) is 11.8. The topological polar surface area (TPSA) is 186 Å². The van der Waals surface area contributed by atoms with Crippen LogP contribution in [0.25, 0.3) is 0 Å². The van der Waals surface area contributed by atoms with E-state index in [4.69, 9.17) is 20.2 Å². The van der Waals surface area contributed by atoms with Gasteiger partial charge < -0.3 is 30.6 Å². The van der Waals surface area contributed by atoms with E-state index in [9.17, 15) is 30.0 Å². The molecule has 4 aromatic rings. The molecule has 0 fully saturated rings. The first kappa shape index (κ1) is 59.9. The van der Waals surface area contributed by atoms with E-state index in [0.29, 0.717) is 35.1 Å². The Hall–Kier alpha value is -5.15. The molecule has 0 amide bonds. The van der Waals surface area contributed by atoms with Gasteiger partial charge >= 0.3 is 28.4 Å². The fourth-order valence-corrected chi connectivity index (χ4v) is 7.78. The first-order valence-electron chi connectivity index (χ1n) is 24.5. The number of phenolic OH excluding ortho intramolecular Hbond substituents is 2. The second-order valence-electron chi connectivity index (χ2n) is 17.1. The summed E-state index contributed by atoms with van der Waals surface area (Å²) in [6, 6.07) is 16.4. The summed E-state index contributed by atoms with van der Waals surface area (Å²) in [7, 11) is 0. The summed E-state index contributed by atoms with van der Waals surface area (Å²) in [5.74, 6) is -5.09. The van der Waals surface area contributed by atoms with Crippen molar-refractivity contribution in [1.82, 2.24) is 0 Å². The Morgan fingerprint density at radius 3 is 1.10 bits per heavy atom. The Morgan fingerprint density at radius 2 is 0.806 bits per heavy atom. The number of aromatic carboxylic acids is 2. The van der Waals surface area contributed by atoms with E-state index in [2.05, 4.69) is 77.9 Å². The first-order chi connectivity index (χ1) is 31.5. The number of nitrogens with zero attached hydrogens (tertiary/aromatic N) is 2. The smallest absolute Gasteiger partial charge is 0.869 e. The van der Waals surface area contributed by atoms with Crippen LogP contribution in [0, 0.1) is 13.8 Å². The Morgan fingerprint density at radius 1 is 0.478 bits per heavy atom. The molecular formula is C56H78N2NiO8. The number of benzene rings is 4. The van der Waals surface area contributed by atoms with Crippen molar-refractivity contribution in [3.63, 3.8) is 0 Å². The number of carboxylic acid groups (broad SMARTS) is 2. The Balaban J connectivity index is 0.000000565. The van der Waals surface area contributed by atoms with Crippen LogP contribution in [0.3, 0.4) is 0 Å². The fourth-order valence-electron chi connectivity index (χ4n) is 7.78. The summed E-state index contributed by atoms with van der Waals surface area (Å²) < 4.78 is 0. The van der Waals surface area contributed by atoms with E-state index in [1.165, 1.54) is 77.9 Å². The third-order valence-electron chi connectivity index (χ3n) is 11.8. The number of phenols is 2. The molecule has 0 aromatic heterocycles. The fraction of sp³-hybridized carbons (Fsp3) is 0.500. The van der Waals surface area contributed by atoms with Gasteiger partial charge in [-0.2, -0.15) is 0 Å². The zero-order chi connectivity index (χ0) is 49.3. The molecule has 0 aliphatic carbocycles. The standard InChI is InChI=1S/C32H48N2.2C12H16O4.Ni/c1-7-13-15-16-18-32(34-30-23-27(11-5)20-28(12-6)24-30)31(17-14-8-2)33-29-21-25(9-3)19-26(10-4)22-29;2*1-3-4-5-8-7(2)6-9(13)11(14)10(8)12(15)16;/h19-24H,7-18H2,1-6H3;2*6,13-14H,3-5H2,1-2H3,(H,15,16);/q;;;+2/p-2. The number of aromatic hydroxyl groups is 2. The number of rotatable bonds is 23. The molecule has 4 aromatic carbocycles. The zero-order valence-electron chi connectivity index (χ0n) is 42.0. The van der Waals surface area contributed by atoms with Crippen LogP contribution in [0.15, 0.2) is 58.5 Å². The minimum Gasteiger partial charge on any atom is -0.869 e. The molecule has 0 aliphatic rings. The average Bonchev–Trinajstić information content (AvgIpc) is 3.29. The molecule has 4 rings (SSSR count). The van der Waals surface area contributed by atoms with Crippen molar-refractivity contribution >= 4 is 34.7 Å². The average molecular weight is 966 g/mol. The Kier molecular flexibility index (Phi) is 28.4. The zero-order valence-corrected chi connectivity index (χ0v) is 43.0. The molecule has 11 heteroatoms. The Bertz CT molecular complexity index is 2120. The van der Waals surface area contributed by atoms with Crippen LogP contribution < -0.4 is 10.2 Å². The van der Waals surface area contributed by atoms with Gasteiger partial charge in [0, 0.05) is 0 Å². The summed E-state index contributed by atoms with van der Waals surface area (Å²) in [5, 5.41) is 59.6. The van der Waals surface area contributed by atoms with Crippen molar-refractivity contribution in [2.45, 2.75) is 185 Å². The first-order valence-corrected chi connectivity index (χ1v) is 24.5. The van der Waals surface area contributed by atoms with E-state index in [1.807, 2.05) is 13.8 Å². The van der Waals surface area contributed by atoms with E-state index < -0.39 is 34.9 Å². The van der Waals surface area contributed by atoms with Crippen LogP contribution in [0.1, 0.15) is 198 Å². The maximum absolute atomic E-state index is 11.5. The summed E-state index contributed by atoms with van der Waals surface area (Å²) in [5.41, 5.74) is 11.9. The number of carbonyl (C=O) groups is 2. The van der Waals surface area contributed by atoms with Crippen LogP contribution in [-0.2, 0) is 55.0 Å². The van der Waals surface area contributed by atoms with Gasteiger partial charge in [-0.25, -0.2) is 9.59 Å². The Labute approximate surface area is 411 Å². The van der Waals surface area contributed by atoms with Gasteiger partial charge in [0.25, 0.3) is 0 Å². The van der Waals surface area contributed by atoms with Crippen molar-refractivity contribution in [1.29, 1.82) is 0 Å². The number of aliphatic imine (C=N–C) groups is 2. The van der Waals surface area contributed by atoms with Crippen LogP contribution >= 0.6 is 0 Å². The number of aryl methyl sites for hydroxylation is 6. The summed E-state index contributed by atoms with van der Waals surface area (Å²) in [6.45, 7) is 20.9. The molecule has 0 bridgehead atoms. The third kappa shape index (κ3) is 19.2. The number of hydrogen-bond donors (Lipinski definition) is 4. The molecule has 0 heterocycles. The maximum atomic E-state index is 11.5. The summed E-state index contributed by atoms with van der Waals surface area (Å²) in [4.78, 5) is 32.6. The van der Waals surface area contributed by atoms with E-state index in [1.54, 1.807) is 13.8 Å². The quantitative estimate of drug-likeness (QED) is 0.0321. The van der Waals surface area contributed by atoms with Crippen molar-refractivity contribution in [3.05, 3.63) is 104 Å². The van der Waals surface area contributed by atoms with Gasteiger partial charge in [-0.3, -0.25) is 9.98 Å². The van der Waals surface area contributed by atoms with Crippen LogP contribution in [0.5, 0.6) is 23.0 Å². The molecule has 370 valence electrons. The molecule has 0 atom stereocenters. The van der Waals surface area contributed by atoms with Crippen LogP contribution in [0.2, 0.25) is 0 Å². The van der Waals surface area contributed by atoms with E-state index >= 15 is 0 Å². The molecule has 0 radical (unpaired) electrons. The molecule has 10 nitrogen and oxygen atoms in total. The monoisotopic (exact) mass is 965 g/mol. The van der Waals surface area contributed by atoms with Gasteiger partial charge in [0.2, 0.25) is 0 Å². The molecule has 4 N–H and O–H groups in total. The van der Waals surface area contributed by atoms with Gasteiger partial charge in [0.05, 0.1) is 33.9 Å². The van der Waals surface area contributed by atoms with Crippen LogP contribution in [0.4, 0.5) is 11.4 Å². The van der Waals surface area contributed by atoms with Gasteiger partial charge in [-0.15, -0.1) is 0 Å². The van der Waals surface area contributed by atoms with Gasteiger partial charge in [0.1, 0.15) is 11.5 Å². The number of carboxylic acids is 2. The molecule has 0 saturated carbocycles. The number of hydrogen-bond acceptors (Lipinski definition) is 8. The van der Waals surface area contributed by atoms with Gasteiger partial charge in [-0.1, -0.05) is 118 Å². The van der Waals surface area contributed by atoms with Gasteiger partial charge in [0.15, 0.2) is 0 Å². The van der Waals surface area contributed by atoms with Crippen LogP contribution in [-0.4, -0.2) is 43.8 Å². The predicted molar refractivity (Wildman–Crippen MR) is 269 cm³/mol. The molecule has 0 unspecified atom stereocenters. The normalized spacial score (nSPS) is 11.3. The maximum Gasteiger partial charge on any atom is 2.00 e. The van der Waals surface area contributed by atoms with E-state index in [-0.39, 0.29) is 27.6 Å². The molecule has 0 spiro atoms. The van der Waals surface area contributed by atoms with Crippen molar-refractivity contribution < 1.29 is 56.7 Å². The summed E-state index contributed by atoms with van der Waals surface area (Å²) >= 11 is 0. The SMILES string of the molecule is CCCCCCC(=Nc1cc(CC)cc(CC)c1)C(CCCC)=Nc1cc(CC)cc(CC)c1.CCCCc1c(C)cc(O)c([O-])c1C(=O)O.CCCCc1c(C)cc(O)c([O-])c1C(=O)O.[Ni+2]. The second kappa shape index (κ2) is 31.8. The second-order valence-corrected chi connectivity index (χ2v) is 17.1. The minimum absolute atomic E-state index is 0. The van der Waals surface area contributed by atoms with Crippen molar-refractivity contribution in [2.24, 2.45) is 9.98 Å². The van der Waals surface area contributed by atoms with Crippen molar-refractivity contribution in [2.75, 3.05) is 0 Å². The molecular weight excluding hydrogens is 887 g/mol. The molecule has 0 aliphatic heterocycles. The summed E-state index contributed by atoms with van der Waals surface area (Å²) in [6.07, 6.45) is 18.1. The predicted octanol–water partition coefficient (Wildman–Crippen LogP) is 13.6. The molecule has 67 heavy (non-hydrogen) atoms. The van der Waals surface area contributed by atoms with Gasteiger partial charge in [-0.05, 0) is 172 Å². The minimum atomic E-state index is -1.27.